The zero-order valence-corrected chi connectivity index (χ0v) is 8.07. The fourth-order valence-corrected chi connectivity index (χ4v) is 1.30. The standard InChI is InChI=1S/C7H11F2N3O2/c1-4(2)12-7(14)11(5(8)9)6(13)10(12)3/h4-5H,1-3H3. The Morgan fingerprint density at radius 3 is 1.86 bits per heavy atom. The van der Waals surface area contributed by atoms with E-state index in [0.717, 1.165) is 9.36 Å². The van der Waals surface area contributed by atoms with E-state index in [-0.39, 0.29) is 10.6 Å². The lowest BCUT2D eigenvalue weighted by atomic mass is 10.4. The van der Waals surface area contributed by atoms with Gasteiger partial charge in [-0.2, -0.15) is 13.3 Å². The Hall–Kier alpha value is -1.40. The Balaban J connectivity index is 3.59. The van der Waals surface area contributed by atoms with Crippen LogP contribution in [0.3, 0.4) is 0 Å². The SMILES string of the molecule is CC(C)n1c(=O)n(C(F)F)c(=O)n1C. The maximum absolute atomic E-state index is 12.3. The van der Waals surface area contributed by atoms with Crippen molar-refractivity contribution in [3.05, 3.63) is 21.0 Å². The molecule has 0 saturated carbocycles. The largest absolute Gasteiger partial charge is 0.351 e. The molecule has 0 spiro atoms. The molecule has 0 aromatic carbocycles. The molecule has 5 nitrogen and oxygen atoms in total. The molecule has 80 valence electrons. The summed E-state index contributed by atoms with van der Waals surface area (Å²) < 4.78 is 26.4. The van der Waals surface area contributed by atoms with E-state index in [2.05, 4.69) is 0 Å². The van der Waals surface area contributed by atoms with Crippen LogP contribution in [0.1, 0.15) is 26.4 Å². The van der Waals surface area contributed by atoms with Crippen LogP contribution in [0.5, 0.6) is 0 Å². The highest BCUT2D eigenvalue weighted by atomic mass is 19.3. The van der Waals surface area contributed by atoms with Crippen molar-refractivity contribution in [3.8, 4) is 0 Å². The summed E-state index contributed by atoms with van der Waals surface area (Å²) in [5, 5.41) is 0. The lowest BCUT2D eigenvalue weighted by Gasteiger charge is -2.07. The predicted octanol–water partition coefficient (Wildman–Crippen LogP) is 0.324. The average molecular weight is 207 g/mol. The highest BCUT2D eigenvalue weighted by Crippen LogP contribution is 2.04. The summed E-state index contributed by atoms with van der Waals surface area (Å²) in [4.78, 5) is 22.5. The predicted molar refractivity (Wildman–Crippen MR) is 45.6 cm³/mol. The highest BCUT2D eigenvalue weighted by molar-refractivity contribution is 4.75. The number of aromatic nitrogens is 3. The number of hydrogen-bond acceptors (Lipinski definition) is 2. The normalized spacial score (nSPS) is 11.6. The van der Waals surface area contributed by atoms with E-state index in [1.165, 1.54) is 7.05 Å². The van der Waals surface area contributed by atoms with Gasteiger partial charge in [-0.15, -0.1) is 0 Å². The minimum Gasteiger partial charge on any atom is -0.246 e. The molecule has 0 saturated heterocycles. The first kappa shape index (κ1) is 10.7. The Morgan fingerprint density at radius 1 is 1.14 bits per heavy atom. The Kier molecular flexibility index (Phi) is 2.59. The number of alkyl halides is 2. The molecular weight excluding hydrogens is 196 g/mol. The van der Waals surface area contributed by atoms with Crippen LogP contribution in [0, 0.1) is 0 Å². The van der Waals surface area contributed by atoms with Gasteiger partial charge < -0.3 is 0 Å². The van der Waals surface area contributed by atoms with Gasteiger partial charge in [-0.3, -0.25) is 0 Å². The summed E-state index contributed by atoms with van der Waals surface area (Å²) in [5.41, 5.74) is -1.99. The Labute approximate surface area is 78.2 Å². The highest BCUT2D eigenvalue weighted by Gasteiger charge is 2.20. The lowest BCUT2D eigenvalue weighted by molar-refractivity contribution is 0.0620. The first-order valence-corrected chi connectivity index (χ1v) is 4.06. The molecule has 1 aromatic rings. The first-order valence-electron chi connectivity index (χ1n) is 4.06. The van der Waals surface area contributed by atoms with Crippen molar-refractivity contribution < 1.29 is 8.78 Å². The Morgan fingerprint density at radius 2 is 1.64 bits per heavy atom. The van der Waals surface area contributed by atoms with Crippen LogP contribution < -0.4 is 11.4 Å². The van der Waals surface area contributed by atoms with Crippen LogP contribution in [-0.4, -0.2) is 13.9 Å². The third-order valence-corrected chi connectivity index (χ3v) is 1.89. The second-order valence-electron chi connectivity index (χ2n) is 3.17. The fourth-order valence-electron chi connectivity index (χ4n) is 1.30. The van der Waals surface area contributed by atoms with Crippen molar-refractivity contribution in [2.45, 2.75) is 26.4 Å². The van der Waals surface area contributed by atoms with E-state index in [9.17, 15) is 18.4 Å². The molecule has 0 fully saturated rings. The quantitative estimate of drug-likeness (QED) is 0.701. The van der Waals surface area contributed by atoms with Crippen LogP contribution >= 0.6 is 0 Å². The monoisotopic (exact) mass is 207 g/mol. The number of hydrogen-bond donors (Lipinski definition) is 0. The van der Waals surface area contributed by atoms with Crippen molar-refractivity contribution >= 4 is 0 Å². The van der Waals surface area contributed by atoms with Gasteiger partial charge >= 0.3 is 17.9 Å². The molecular formula is C7H11F2N3O2. The summed E-state index contributed by atoms with van der Waals surface area (Å²) in [6.07, 6.45) is 0. The van der Waals surface area contributed by atoms with E-state index in [1.807, 2.05) is 0 Å². The van der Waals surface area contributed by atoms with Crippen molar-refractivity contribution in [1.82, 2.24) is 13.9 Å². The molecule has 0 aliphatic rings. The van der Waals surface area contributed by atoms with E-state index in [0.29, 0.717) is 0 Å². The smallest absolute Gasteiger partial charge is 0.246 e. The summed E-state index contributed by atoms with van der Waals surface area (Å²) in [7, 11) is 1.28. The van der Waals surface area contributed by atoms with E-state index < -0.39 is 17.9 Å². The molecule has 0 bridgehead atoms. The molecule has 0 unspecified atom stereocenters. The molecule has 0 aliphatic carbocycles. The topological polar surface area (TPSA) is 48.9 Å². The van der Waals surface area contributed by atoms with Gasteiger partial charge in [0.05, 0.1) is 0 Å². The summed E-state index contributed by atoms with van der Waals surface area (Å²) >= 11 is 0. The summed E-state index contributed by atoms with van der Waals surface area (Å²) in [6, 6.07) is -0.333. The fraction of sp³-hybridized carbons (Fsp3) is 0.714. The van der Waals surface area contributed by atoms with Crippen molar-refractivity contribution in [3.63, 3.8) is 0 Å². The molecule has 1 rings (SSSR count). The maximum atomic E-state index is 12.3. The zero-order chi connectivity index (χ0) is 11.0. The molecule has 0 atom stereocenters. The summed E-state index contributed by atoms with van der Waals surface area (Å²) in [6.45, 7) is 0.175. The molecule has 1 aromatic heterocycles. The van der Waals surface area contributed by atoms with Gasteiger partial charge in [-0.1, -0.05) is 0 Å². The first-order chi connectivity index (χ1) is 6.37. The molecule has 0 N–H and O–H groups in total. The van der Waals surface area contributed by atoms with Crippen LogP contribution in [0.25, 0.3) is 0 Å². The van der Waals surface area contributed by atoms with Gasteiger partial charge in [0.15, 0.2) is 0 Å². The minimum absolute atomic E-state index is 0.0694. The number of halogens is 2. The third kappa shape index (κ3) is 1.38. The van der Waals surface area contributed by atoms with Gasteiger partial charge in [-0.25, -0.2) is 19.0 Å². The van der Waals surface area contributed by atoms with Gasteiger partial charge in [0, 0.05) is 13.1 Å². The maximum Gasteiger partial charge on any atom is 0.351 e. The summed E-state index contributed by atoms with van der Waals surface area (Å²) in [5.74, 6) is 0. The van der Waals surface area contributed by atoms with Crippen molar-refractivity contribution in [1.29, 1.82) is 0 Å². The average Bonchev–Trinajstić information content (AvgIpc) is 2.23. The minimum atomic E-state index is -3.10. The second-order valence-corrected chi connectivity index (χ2v) is 3.17. The van der Waals surface area contributed by atoms with Crippen LogP contribution in [0.4, 0.5) is 8.78 Å². The molecule has 7 heteroatoms. The van der Waals surface area contributed by atoms with E-state index in [4.69, 9.17) is 0 Å². The molecule has 0 radical (unpaired) electrons. The van der Waals surface area contributed by atoms with Gasteiger partial charge in [0.2, 0.25) is 0 Å². The van der Waals surface area contributed by atoms with Crippen molar-refractivity contribution in [2.75, 3.05) is 0 Å². The van der Waals surface area contributed by atoms with Crippen LogP contribution in [0.15, 0.2) is 9.59 Å². The Bertz CT molecular complexity index is 441. The molecule has 1 heterocycles. The number of nitrogens with zero attached hydrogens (tertiary/aromatic N) is 3. The van der Waals surface area contributed by atoms with Gasteiger partial charge in [0.1, 0.15) is 0 Å². The zero-order valence-electron chi connectivity index (χ0n) is 8.07. The molecule has 0 aliphatic heterocycles. The number of rotatable bonds is 2. The molecule has 14 heavy (non-hydrogen) atoms. The van der Waals surface area contributed by atoms with Crippen LogP contribution in [-0.2, 0) is 7.05 Å². The second kappa shape index (κ2) is 3.39. The van der Waals surface area contributed by atoms with Gasteiger partial charge in [-0.05, 0) is 13.8 Å². The molecule has 0 amide bonds. The lowest BCUT2D eigenvalue weighted by Crippen LogP contribution is -2.30. The van der Waals surface area contributed by atoms with E-state index >= 15 is 0 Å². The third-order valence-electron chi connectivity index (χ3n) is 1.89. The van der Waals surface area contributed by atoms with Crippen LogP contribution in [0.2, 0.25) is 0 Å². The van der Waals surface area contributed by atoms with Crippen molar-refractivity contribution in [2.24, 2.45) is 7.05 Å². The van der Waals surface area contributed by atoms with E-state index in [1.54, 1.807) is 13.8 Å². The van der Waals surface area contributed by atoms with Gasteiger partial charge in [0.25, 0.3) is 0 Å².